The average molecular weight is 417 g/mol. The van der Waals surface area contributed by atoms with Gasteiger partial charge in [0.25, 0.3) is 5.91 Å². The van der Waals surface area contributed by atoms with E-state index in [0.29, 0.717) is 47.9 Å². The molecule has 6 heteroatoms. The van der Waals surface area contributed by atoms with Crippen LogP contribution in [0.4, 0.5) is 0 Å². The molecule has 0 atom stereocenters. The minimum absolute atomic E-state index is 0.115. The molecular weight excluding hydrogens is 388 g/mol. The van der Waals surface area contributed by atoms with Crippen molar-refractivity contribution in [2.45, 2.75) is 46.3 Å². The highest BCUT2D eigenvalue weighted by molar-refractivity contribution is 6.32. The van der Waals surface area contributed by atoms with E-state index in [1.54, 1.807) is 0 Å². The van der Waals surface area contributed by atoms with Crippen molar-refractivity contribution in [2.24, 2.45) is 0 Å². The molecule has 0 aromatic heterocycles. The van der Waals surface area contributed by atoms with Crippen LogP contribution in [0.2, 0.25) is 5.02 Å². The van der Waals surface area contributed by atoms with Crippen LogP contribution in [0.25, 0.3) is 0 Å². The first-order chi connectivity index (χ1) is 14.0. The molecule has 1 heterocycles. The molecule has 0 saturated heterocycles. The van der Waals surface area contributed by atoms with Gasteiger partial charge in [0.15, 0.2) is 11.5 Å². The maximum atomic E-state index is 12.5. The molecule has 2 aromatic carbocycles. The molecule has 1 aliphatic rings. The number of fused-ring (bicyclic) bond motifs is 1. The van der Waals surface area contributed by atoms with Crippen LogP contribution in [0.15, 0.2) is 36.4 Å². The zero-order valence-corrected chi connectivity index (χ0v) is 18.1. The second kappa shape index (κ2) is 9.99. The molecule has 2 aromatic rings. The fraction of sp³-hybridized carbons (Fsp3) is 0.435. The third kappa shape index (κ3) is 5.64. The first-order valence-corrected chi connectivity index (χ1v) is 10.5. The van der Waals surface area contributed by atoms with E-state index in [1.165, 1.54) is 5.56 Å². The summed E-state index contributed by atoms with van der Waals surface area (Å²) in [7, 11) is 0. The summed E-state index contributed by atoms with van der Waals surface area (Å²) in [6, 6.07) is 12.0. The average Bonchev–Trinajstić information content (AvgIpc) is 2.96. The lowest BCUT2D eigenvalue weighted by atomic mass is 10.1. The van der Waals surface area contributed by atoms with E-state index < -0.39 is 0 Å². The highest BCUT2D eigenvalue weighted by Gasteiger charge is 2.16. The number of benzene rings is 2. The van der Waals surface area contributed by atoms with E-state index in [1.807, 2.05) is 36.4 Å². The standard InChI is InChI=1S/C23H29ClN2O3/c1-4-26(16(2)3)15-17-6-8-19(9-7-17)23(27)25-14-18-12-20(24)22-21(13-18)28-10-5-11-29-22/h6-9,12-13,16H,4-5,10-11,14-15H2,1-3H3,(H,25,27). The normalized spacial score (nSPS) is 13.4. The van der Waals surface area contributed by atoms with Crippen LogP contribution >= 0.6 is 11.6 Å². The van der Waals surface area contributed by atoms with Crippen LogP contribution < -0.4 is 14.8 Å². The van der Waals surface area contributed by atoms with Gasteiger partial charge in [-0.3, -0.25) is 9.69 Å². The number of nitrogens with one attached hydrogen (secondary N) is 1. The van der Waals surface area contributed by atoms with Crippen molar-refractivity contribution in [1.29, 1.82) is 0 Å². The van der Waals surface area contributed by atoms with Crippen molar-refractivity contribution >= 4 is 17.5 Å². The lowest BCUT2D eigenvalue weighted by Gasteiger charge is -2.24. The molecule has 0 spiro atoms. The quantitative estimate of drug-likeness (QED) is 0.713. The molecule has 3 rings (SSSR count). The molecule has 1 aliphatic heterocycles. The number of carbonyl (C=O) groups excluding carboxylic acids is 1. The second-order valence-electron chi connectivity index (χ2n) is 7.49. The van der Waals surface area contributed by atoms with Crippen LogP contribution in [0.1, 0.15) is 48.7 Å². The molecule has 0 saturated carbocycles. The van der Waals surface area contributed by atoms with Gasteiger partial charge >= 0.3 is 0 Å². The lowest BCUT2D eigenvalue weighted by Crippen LogP contribution is -2.30. The molecule has 1 amide bonds. The minimum Gasteiger partial charge on any atom is -0.489 e. The first kappa shape index (κ1) is 21.5. The third-order valence-corrected chi connectivity index (χ3v) is 5.33. The summed E-state index contributed by atoms with van der Waals surface area (Å²) < 4.78 is 11.3. The van der Waals surface area contributed by atoms with E-state index in [2.05, 4.69) is 31.0 Å². The van der Waals surface area contributed by atoms with Crippen molar-refractivity contribution in [3.63, 3.8) is 0 Å². The first-order valence-electron chi connectivity index (χ1n) is 10.2. The summed E-state index contributed by atoms with van der Waals surface area (Å²) in [6.07, 6.45) is 0.820. The van der Waals surface area contributed by atoms with Crippen LogP contribution in [0, 0.1) is 0 Å². The lowest BCUT2D eigenvalue weighted by molar-refractivity contribution is 0.0951. The van der Waals surface area contributed by atoms with Crippen LogP contribution in [-0.2, 0) is 13.1 Å². The second-order valence-corrected chi connectivity index (χ2v) is 7.90. The van der Waals surface area contributed by atoms with Crippen molar-refractivity contribution in [1.82, 2.24) is 10.2 Å². The van der Waals surface area contributed by atoms with Crippen molar-refractivity contribution in [2.75, 3.05) is 19.8 Å². The summed E-state index contributed by atoms with van der Waals surface area (Å²) in [5.41, 5.74) is 2.72. The van der Waals surface area contributed by atoms with E-state index in [9.17, 15) is 4.79 Å². The molecule has 156 valence electrons. The van der Waals surface area contributed by atoms with Gasteiger partial charge < -0.3 is 14.8 Å². The Labute approximate surface area is 177 Å². The monoisotopic (exact) mass is 416 g/mol. The Hall–Kier alpha value is -2.24. The molecule has 0 aliphatic carbocycles. The molecular formula is C23H29ClN2O3. The highest BCUT2D eigenvalue weighted by atomic mass is 35.5. The van der Waals surface area contributed by atoms with Crippen molar-refractivity contribution in [3.05, 3.63) is 58.1 Å². The van der Waals surface area contributed by atoms with Gasteiger partial charge in [-0.2, -0.15) is 0 Å². The van der Waals surface area contributed by atoms with Gasteiger partial charge in [0.1, 0.15) is 0 Å². The van der Waals surface area contributed by atoms with Gasteiger partial charge in [-0.05, 0) is 55.8 Å². The number of halogens is 1. The predicted molar refractivity (Wildman–Crippen MR) is 116 cm³/mol. The number of hydrogen-bond acceptors (Lipinski definition) is 4. The van der Waals surface area contributed by atoms with Crippen LogP contribution in [-0.4, -0.2) is 36.6 Å². The summed E-state index contributed by atoms with van der Waals surface area (Å²) in [5.74, 6) is 1.10. The molecule has 5 nitrogen and oxygen atoms in total. The van der Waals surface area contributed by atoms with Gasteiger partial charge in [0.05, 0.1) is 18.2 Å². The van der Waals surface area contributed by atoms with E-state index in [-0.39, 0.29) is 5.91 Å². The molecule has 29 heavy (non-hydrogen) atoms. The maximum Gasteiger partial charge on any atom is 0.251 e. The number of ether oxygens (including phenoxy) is 2. The summed E-state index contributed by atoms with van der Waals surface area (Å²) >= 11 is 6.32. The number of carbonyl (C=O) groups is 1. The Bertz CT molecular complexity index is 837. The Kier molecular flexibility index (Phi) is 7.40. The van der Waals surface area contributed by atoms with E-state index in [0.717, 1.165) is 25.1 Å². The highest BCUT2D eigenvalue weighted by Crippen LogP contribution is 2.37. The van der Waals surface area contributed by atoms with Crippen molar-refractivity contribution < 1.29 is 14.3 Å². The van der Waals surface area contributed by atoms with Crippen LogP contribution in [0.5, 0.6) is 11.5 Å². The SMILES string of the molecule is CCN(Cc1ccc(C(=O)NCc2cc(Cl)c3c(c2)OCCCO3)cc1)C(C)C. The molecule has 0 unspecified atom stereocenters. The Balaban J connectivity index is 1.61. The Morgan fingerprint density at radius 2 is 1.86 bits per heavy atom. The summed E-state index contributed by atoms with van der Waals surface area (Å²) in [5, 5.41) is 3.45. The van der Waals surface area contributed by atoms with Gasteiger partial charge in [-0.15, -0.1) is 0 Å². The van der Waals surface area contributed by atoms with E-state index >= 15 is 0 Å². The number of rotatable bonds is 7. The van der Waals surface area contributed by atoms with Crippen molar-refractivity contribution in [3.8, 4) is 11.5 Å². The maximum absolute atomic E-state index is 12.5. The molecule has 0 fully saturated rings. The largest absolute Gasteiger partial charge is 0.489 e. The molecule has 0 radical (unpaired) electrons. The topological polar surface area (TPSA) is 50.8 Å². The summed E-state index contributed by atoms with van der Waals surface area (Å²) in [6.45, 7) is 9.98. The fourth-order valence-electron chi connectivity index (χ4n) is 3.33. The van der Waals surface area contributed by atoms with Crippen LogP contribution in [0.3, 0.4) is 0 Å². The fourth-order valence-corrected chi connectivity index (χ4v) is 3.61. The summed E-state index contributed by atoms with van der Waals surface area (Å²) in [4.78, 5) is 14.9. The predicted octanol–water partition coefficient (Wildman–Crippen LogP) is 4.66. The smallest absolute Gasteiger partial charge is 0.251 e. The third-order valence-electron chi connectivity index (χ3n) is 5.05. The number of hydrogen-bond donors (Lipinski definition) is 1. The number of amides is 1. The van der Waals surface area contributed by atoms with Gasteiger partial charge in [-0.1, -0.05) is 30.7 Å². The van der Waals surface area contributed by atoms with E-state index in [4.69, 9.17) is 21.1 Å². The molecule has 1 N–H and O–H groups in total. The zero-order valence-electron chi connectivity index (χ0n) is 17.3. The van der Waals surface area contributed by atoms with Gasteiger partial charge in [0.2, 0.25) is 0 Å². The Morgan fingerprint density at radius 3 is 2.55 bits per heavy atom. The van der Waals surface area contributed by atoms with Gasteiger partial charge in [-0.25, -0.2) is 0 Å². The zero-order chi connectivity index (χ0) is 20.8. The number of nitrogens with zero attached hydrogens (tertiary/aromatic N) is 1. The van der Waals surface area contributed by atoms with Gasteiger partial charge in [0, 0.05) is 31.1 Å². The Morgan fingerprint density at radius 1 is 1.14 bits per heavy atom. The minimum atomic E-state index is -0.115. The molecule has 0 bridgehead atoms.